The number of carbonyl (C=O) groups excluding carboxylic acids is 1. The second-order valence-electron chi connectivity index (χ2n) is 6.06. The molecule has 0 saturated heterocycles. The van der Waals surface area contributed by atoms with E-state index in [4.69, 9.17) is 20.6 Å². The van der Waals surface area contributed by atoms with Gasteiger partial charge in [-0.1, -0.05) is 12.1 Å². The molecule has 0 bridgehead atoms. The predicted octanol–water partition coefficient (Wildman–Crippen LogP) is 1.69. The van der Waals surface area contributed by atoms with Crippen LogP contribution in [-0.2, 0) is 14.8 Å². The second-order valence-corrected chi connectivity index (χ2v) is 7.83. The number of carbonyl (C=O) groups is 1. The van der Waals surface area contributed by atoms with Gasteiger partial charge in [-0.2, -0.15) is 0 Å². The zero-order valence-corrected chi connectivity index (χ0v) is 17.0. The number of ether oxygens (including phenoxy) is 2. The number of sulfonamides is 1. The summed E-state index contributed by atoms with van der Waals surface area (Å²) in [6, 6.07) is 10.8. The number of nitrogen functional groups attached to an aromatic ring is 1. The lowest BCUT2D eigenvalue weighted by Gasteiger charge is -2.11. The summed E-state index contributed by atoms with van der Waals surface area (Å²) < 4.78 is 37.4. The molecule has 0 aliphatic carbocycles. The van der Waals surface area contributed by atoms with Gasteiger partial charge in [0.2, 0.25) is 15.9 Å². The first-order valence-corrected chi connectivity index (χ1v) is 10.2. The van der Waals surface area contributed by atoms with Crippen LogP contribution in [0.5, 0.6) is 11.5 Å². The molecule has 2 rings (SSSR count). The number of nitrogens with one attached hydrogen (secondary N) is 3. The predicted molar refractivity (Wildman–Crippen MR) is 110 cm³/mol. The fraction of sp³-hybridized carbons (Fsp3) is 0.263. The molecule has 0 fully saturated rings. The van der Waals surface area contributed by atoms with Crippen molar-refractivity contribution < 1.29 is 22.7 Å². The average molecular weight is 420 g/mol. The molecule has 0 aliphatic rings. The first-order chi connectivity index (χ1) is 13.8. The molecule has 0 unspecified atom stereocenters. The van der Waals surface area contributed by atoms with Crippen molar-refractivity contribution in [1.29, 1.82) is 5.41 Å². The van der Waals surface area contributed by atoms with E-state index in [9.17, 15) is 13.2 Å². The highest BCUT2D eigenvalue weighted by atomic mass is 32.2. The lowest BCUT2D eigenvalue weighted by molar-refractivity contribution is -0.116. The molecule has 2 aromatic rings. The monoisotopic (exact) mass is 420 g/mol. The van der Waals surface area contributed by atoms with Gasteiger partial charge in [-0.15, -0.1) is 0 Å². The van der Waals surface area contributed by atoms with Crippen molar-refractivity contribution in [1.82, 2.24) is 4.72 Å². The third-order valence-electron chi connectivity index (χ3n) is 4.00. The summed E-state index contributed by atoms with van der Waals surface area (Å²) in [4.78, 5) is 12.1. The summed E-state index contributed by atoms with van der Waals surface area (Å²) in [7, 11) is -0.731. The van der Waals surface area contributed by atoms with Crippen LogP contribution in [0.2, 0.25) is 0 Å². The standard InChI is InChI=1S/C19H24N4O5S/c1-27-16-9-8-14(12-17(16)28-2)23-18(24)7-4-10-22-29(25,26)15-6-3-5-13(11-15)19(20)21/h3,5-6,8-9,11-12,22H,4,7,10H2,1-2H3,(H3,20,21)(H,23,24). The number of amidine groups is 1. The largest absolute Gasteiger partial charge is 0.493 e. The molecule has 0 spiro atoms. The second kappa shape index (κ2) is 9.89. The summed E-state index contributed by atoms with van der Waals surface area (Å²) in [5.41, 5.74) is 6.26. The third-order valence-corrected chi connectivity index (χ3v) is 5.45. The minimum Gasteiger partial charge on any atom is -0.493 e. The van der Waals surface area contributed by atoms with Crippen LogP contribution in [0, 0.1) is 5.41 Å². The molecule has 156 valence electrons. The van der Waals surface area contributed by atoms with E-state index in [2.05, 4.69) is 10.0 Å². The zero-order valence-electron chi connectivity index (χ0n) is 16.2. The van der Waals surface area contributed by atoms with Crippen molar-refractivity contribution in [2.45, 2.75) is 17.7 Å². The lowest BCUT2D eigenvalue weighted by atomic mass is 10.2. The Labute approximate surface area is 169 Å². The summed E-state index contributed by atoms with van der Waals surface area (Å²) in [5, 5.41) is 10.1. The van der Waals surface area contributed by atoms with Gasteiger partial charge < -0.3 is 20.5 Å². The van der Waals surface area contributed by atoms with Crippen LogP contribution in [0.25, 0.3) is 0 Å². The number of hydrogen-bond donors (Lipinski definition) is 4. The van der Waals surface area contributed by atoms with Gasteiger partial charge in [0, 0.05) is 30.3 Å². The van der Waals surface area contributed by atoms with Gasteiger partial charge in [0.25, 0.3) is 0 Å². The molecule has 2 aromatic carbocycles. The van der Waals surface area contributed by atoms with Gasteiger partial charge in [0.05, 0.1) is 19.1 Å². The summed E-state index contributed by atoms with van der Waals surface area (Å²) in [6.07, 6.45) is 0.440. The molecule has 29 heavy (non-hydrogen) atoms. The number of anilines is 1. The van der Waals surface area contributed by atoms with Crippen molar-refractivity contribution >= 4 is 27.5 Å². The Morgan fingerprint density at radius 1 is 1.10 bits per heavy atom. The van der Waals surface area contributed by atoms with Gasteiger partial charge >= 0.3 is 0 Å². The van der Waals surface area contributed by atoms with Gasteiger partial charge in [-0.25, -0.2) is 13.1 Å². The van der Waals surface area contributed by atoms with Crippen LogP contribution in [0.15, 0.2) is 47.4 Å². The van der Waals surface area contributed by atoms with Crippen molar-refractivity contribution in [3.05, 3.63) is 48.0 Å². The van der Waals surface area contributed by atoms with Crippen LogP contribution in [0.3, 0.4) is 0 Å². The van der Waals surface area contributed by atoms with Crippen molar-refractivity contribution in [3.8, 4) is 11.5 Å². The maximum atomic E-state index is 12.3. The van der Waals surface area contributed by atoms with Crippen molar-refractivity contribution in [2.75, 3.05) is 26.1 Å². The molecule has 0 radical (unpaired) electrons. The summed E-state index contributed by atoms with van der Waals surface area (Å²) in [6.45, 7) is 0.0893. The van der Waals surface area contributed by atoms with E-state index in [0.717, 1.165) is 0 Å². The molecule has 0 saturated carbocycles. The zero-order chi connectivity index (χ0) is 21.4. The number of amides is 1. The Morgan fingerprint density at radius 3 is 2.48 bits per heavy atom. The van der Waals surface area contributed by atoms with Crippen LogP contribution in [-0.4, -0.2) is 40.9 Å². The topological polar surface area (TPSA) is 144 Å². The Bertz CT molecular complexity index is 992. The molecule has 0 aromatic heterocycles. The first-order valence-electron chi connectivity index (χ1n) is 8.73. The minimum atomic E-state index is -3.75. The van der Waals surface area contributed by atoms with Crippen LogP contribution < -0.4 is 25.2 Å². The average Bonchev–Trinajstić information content (AvgIpc) is 2.71. The Morgan fingerprint density at radius 2 is 1.83 bits per heavy atom. The maximum Gasteiger partial charge on any atom is 0.240 e. The van der Waals surface area contributed by atoms with E-state index < -0.39 is 10.0 Å². The number of rotatable bonds is 10. The van der Waals surface area contributed by atoms with E-state index >= 15 is 0 Å². The highest BCUT2D eigenvalue weighted by Gasteiger charge is 2.15. The summed E-state index contributed by atoms with van der Waals surface area (Å²) >= 11 is 0. The molecule has 9 nitrogen and oxygen atoms in total. The van der Waals surface area contributed by atoms with E-state index in [1.54, 1.807) is 24.3 Å². The molecule has 0 heterocycles. The van der Waals surface area contributed by atoms with Crippen molar-refractivity contribution in [3.63, 3.8) is 0 Å². The number of nitrogens with two attached hydrogens (primary N) is 1. The van der Waals surface area contributed by atoms with Crippen LogP contribution in [0.1, 0.15) is 18.4 Å². The van der Waals surface area contributed by atoms with E-state index in [-0.39, 0.29) is 29.6 Å². The van der Waals surface area contributed by atoms with Gasteiger partial charge in [0.1, 0.15) is 5.84 Å². The van der Waals surface area contributed by atoms with Crippen LogP contribution >= 0.6 is 0 Å². The van der Waals surface area contributed by atoms with E-state index in [1.165, 1.54) is 32.4 Å². The number of hydrogen-bond acceptors (Lipinski definition) is 6. The molecule has 5 N–H and O–H groups in total. The number of benzene rings is 2. The Balaban J connectivity index is 1.86. The normalized spacial score (nSPS) is 11.0. The smallest absolute Gasteiger partial charge is 0.240 e. The molecule has 0 aliphatic heterocycles. The third kappa shape index (κ3) is 6.19. The molecule has 1 amide bonds. The Kier molecular flexibility index (Phi) is 7.57. The maximum absolute atomic E-state index is 12.3. The molecular formula is C19H24N4O5S. The Hall–Kier alpha value is -3.11. The highest BCUT2D eigenvalue weighted by molar-refractivity contribution is 7.89. The first kappa shape index (κ1) is 22.2. The molecular weight excluding hydrogens is 396 g/mol. The molecule has 0 atom stereocenters. The minimum absolute atomic E-state index is 0.0139. The highest BCUT2D eigenvalue weighted by Crippen LogP contribution is 2.29. The SMILES string of the molecule is COc1ccc(NC(=O)CCCNS(=O)(=O)c2cccc(C(=N)N)c2)cc1OC. The van der Waals surface area contributed by atoms with Gasteiger partial charge in [-0.3, -0.25) is 10.2 Å². The quantitative estimate of drug-likeness (QED) is 0.262. The van der Waals surface area contributed by atoms with Crippen LogP contribution in [0.4, 0.5) is 5.69 Å². The summed E-state index contributed by atoms with van der Waals surface area (Å²) in [5.74, 6) is 0.573. The fourth-order valence-corrected chi connectivity index (χ4v) is 3.63. The van der Waals surface area contributed by atoms with E-state index in [0.29, 0.717) is 29.2 Å². The molecule has 10 heteroatoms. The fourth-order valence-electron chi connectivity index (χ4n) is 2.51. The van der Waals surface area contributed by atoms with Gasteiger partial charge in [0.15, 0.2) is 11.5 Å². The van der Waals surface area contributed by atoms with Gasteiger partial charge in [-0.05, 0) is 30.7 Å². The van der Waals surface area contributed by atoms with Crippen molar-refractivity contribution in [2.24, 2.45) is 5.73 Å². The number of methoxy groups -OCH3 is 2. The van der Waals surface area contributed by atoms with E-state index in [1.807, 2.05) is 0 Å². The lowest BCUT2D eigenvalue weighted by Crippen LogP contribution is -2.26.